The van der Waals surface area contributed by atoms with Gasteiger partial charge in [-0.05, 0) is 26.7 Å². The van der Waals surface area contributed by atoms with Crippen molar-refractivity contribution in [3.8, 4) is 0 Å². The van der Waals surface area contributed by atoms with Gasteiger partial charge in [0, 0.05) is 21.6 Å². The molecule has 39 heavy (non-hydrogen) atoms. The van der Waals surface area contributed by atoms with Crippen LogP contribution < -0.4 is 10.6 Å². The number of aliphatic carboxylic acids is 2. The first-order valence-corrected chi connectivity index (χ1v) is 13.9. The zero-order valence-corrected chi connectivity index (χ0v) is 24.3. The average molecular weight is 591 g/mol. The van der Waals surface area contributed by atoms with E-state index in [2.05, 4.69) is 23.8 Å². The van der Waals surface area contributed by atoms with Gasteiger partial charge in [-0.15, -0.1) is 0 Å². The summed E-state index contributed by atoms with van der Waals surface area (Å²) in [5.41, 5.74) is 0.461. The standard InChI is InChI=1S/C25H38N2O10S2/c1-14(2)22(32)36-12-10-26-24(34)38-16(5)18(20(28)29)8-7-9-19(21(30)31)17(6)39-25(35)27-11-13-37-23(33)15(3)4/h16-19H,1,3,7-13H2,2,4-6H3,(H,26,34)(H,27,35)(H,28,29)(H,30,31). The third-order valence-corrected chi connectivity index (χ3v) is 7.41. The smallest absolute Gasteiger partial charge is 0.333 e. The number of carbonyl (C=O) groups is 6. The predicted octanol–water partition coefficient (Wildman–Crippen LogP) is 3.46. The van der Waals surface area contributed by atoms with Crippen molar-refractivity contribution >= 4 is 57.9 Å². The highest BCUT2D eigenvalue weighted by molar-refractivity contribution is 8.14. The summed E-state index contributed by atoms with van der Waals surface area (Å²) in [5.74, 6) is -5.20. The Morgan fingerprint density at radius 2 is 1.05 bits per heavy atom. The molecule has 0 aromatic heterocycles. The number of carbonyl (C=O) groups excluding carboxylic acids is 4. The molecule has 220 valence electrons. The number of nitrogens with one attached hydrogen (secondary N) is 2. The predicted molar refractivity (Wildman–Crippen MR) is 149 cm³/mol. The Kier molecular flexibility index (Phi) is 17.7. The summed E-state index contributed by atoms with van der Waals surface area (Å²) in [5, 5.41) is 22.1. The lowest BCUT2D eigenvalue weighted by Crippen LogP contribution is -2.31. The molecule has 4 atom stereocenters. The van der Waals surface area contributed by atoms with E-state index in [1.807, 2.05) is 0 Å². The molecule has 2 amide bonds. The quantitative estimate of drug-likeness (QED) is 0.104. The second kappa shape index (κ2) is 19.1. The van der Waals surface area contributed by atoms with Gasteiger partial charge >= 0.3 is 23.9 Å². The molecule has 0 spiro atoms. The third kappa shape index (κ3) is 15.9. The molecular weight excluding hydrogens is 552 g/mol. The molecule has 0 aliphatic rings. The summed E-state index contributed by atoms with van der Waals surface area (Å²) in [4.78, 5) is 70.5. The first-order valence-electron chi connectivity index (χ1n) is 12.2. The second-order valence-corrected chi connectivity index (χ2v) is 11.4. The number of thioether (sulfide) groups is 2. The average Bonchev–Trinajstić information content (AvgIpc) is 2.83. The van der Waals surface area contributed by atoms with Crippen molar-refractivity contribution in [3.63, 3.8) is 0 Å². The van der Waals surface area contributed by atoms with Gasteiger partial charge in [-0.3, -0.25) is 19.2 Å². The molecule has 0 aromatic rings. The summed E-state index contributed by atoms with van der Waals surface area (Å²) in [6.45, 7) is 13.1. The number of hydrogen-bond acceptors (Lipinski definition) is 10. The lowest BCUT2D eigenvalue weighted by molar-refractivity contribution is -0.142. The van der Waals surface area contributed by atoms with Gasteiger partial charge in [-0.2, -0.15) is 0 Å². The Morgan fingerprint density at radius 1 is 0.718 bits per heavy atom. The van der Waals surface area contributed by atoms with Gasteiger partial charge in [0.25, 0.3) is 10.5 Å². The summed E-state index contributed by atoms with van der Waals surface area (Å²) in [6, 6.07) is 0. The Balaban J connectivity index is 4.65. The van der Waals surface area contributed by atoms with Crippen LogP contribution in [0.1, 0.15) is 47.0 Å². The highest BCUT2D eigenvalue weighted by atomic mass is 32.2. The molecule has 12 nitrogen and oxygen atoms in total. The normalized spacial score (nSPS) is 13.6. The molecule has 0 fully saturated rings. The van der Waals surface area contributed by atoms with E-state index >= 15 is 0 Å². The van der Waals surface area contributed by atoms with Crippen LogP contribution in [0.3, 0.4) is 0 Å². The molecule has 0 aliphatic heterocycles. The molecular formula is C25H38N2O10S2. The van der Waals surface area contributed by atoms with E-state index in [9.17, 15) is 39.0 Å². The topological polar surface area (TPSA) is 185 Å². The zero-order valence-electron chi connectivity index (χ0n) is 22.7. The molecule has 14 heteroatoms. The highest BCUT2D eigenvalue weighted by Crippen LogP contribution is 2.29. The minimum Gasteiger partial charge on any atom is -0.481 e. The lowest BCUT2D eigenvalue weighted by atomic mass is 9.93. The van der Waals surface area contributed by atoms with E-state index in [0.29, 0.717) is 0 Å². The zero-order chi connectivity index (χ0) is 30.1. The van der Waals surface area contributed by atoms with Gasteiger partial charge in [-0.1, -0.05) is 56.9 Å². The number of amides is 2. The SMILES string of the molecule is C=C(C)C(=O)OCCNC(=O)SC(C)C(CCCC(C(=O)O)C(C)SC(=O)NCCOC(=O)C(=C)C)C(=O)O. The van der Waals surface area contributed by atoms with E-state index in [-0.39, 0.29) is 56.7 Å². The van der Waals surface area contributed by atoms with Crippen LogP contribution >= 0.6 is 23.5 Å². The van der Waals surface area contributed by atoms with Gasteiger partial charge in [0.1, 0.15) is 13.2 Å². The van der Waals surface area contributed by atoms with Crippen LogP contribution in [0.4, 0.5) is 9.59 Å². The van der Waals surface area contributed by atoms with Crippen LogP contribution in [0.15, 0.2) is 24.3 Å². The molecule has 4 N–H and O–H groups in total. The number of esters is 2. The number of carboxylic acid groups (broad SMARTS) is 2. The largest absolute Gasteiger partial charge is 0.481 e. The van der Waals surface area contributed by atoms with Crippen LogP contribution in [0.25, 0.3) is 0 Å². The van der Waals surface area contributed by atoms with Crippen molar-refractivity contribution in [2.75, 3.05) is 26.3 Å². The Morgan fingerprint density at radius 3 is 1.33 bits per heavy atom. The first kappa shape index (κ1) is 36.0. The summed E-state index contributed by atoms with van der Waals surface area (Å²) >= 11 is 1.59. The fourth-order valence-electron chi connectivity index (χ4n) is 3.10. The fraction of sp³-hybridized carbons (Fsp3) is 0.600. The summed E-state index contributed by atoms with van der Waals surface area (Å²) in [7, 11) is 0. The van der Waals surface area contributed by atoms with Gasteiger partial charge in [0.15, 0.2) is 0 Å². The number of carboxylic acids is 2. The van der Waals surface area contributed by atoms with Crippen molar-refractivity contribution in [2.45, 2.75) is 57.5 Å². The maximum atomic E-state index is 12.1. The molecule has 0 saturated heterocycles. The molecule has 0 rings (SSSR count). The number of ether oxygens (including phenoxy) is 2. The van der Waals surface area contributed by atoms with Gasteiger partial charge < -0.3 is 30.3 Å². The summed E-state index contributed by atoms with van der Waals surface area (Å²) in [6.07, 6.45) is 0.517. The Bertz CT molecular complexity index is 853. The van der Waals surface area contributed by atoms with Gasteiger partial charge in [-0.25, -0.2) is 9.59 Å². The molecule has 0 aliphatic carbocycles. The second-order valence-electron chi connectivity index (χ2n) is 8.73. The van der Waals surface area contributed by atoms with Crippen molar-refractivity contribution in [3.05, 3.63) is 24.3 Å². The van der Waals surface area contributed by atoms with E-state index in [4.69, 9.17) is 9.47 Å². The summed E-state index contributed by atoms with van der Waals surface area (Å²) < 4.78 is 9.74. The van der Waals surface area contributed by atoms with E-state index in [1.165, 1.54) is 13.8 Å². The van der Waals surface area contributed by atoms with Gasteiger partial charge in [0.2, 0.25) is 0 Å². The monoisotopic (exact) mass is 590 g/mol. The minimum atomic E-state index is -1.11. The van der Waals surface area contributed by atoms with Crippen LogP contribution in [-0.4, -0.2) is 81.4 Å². The van der Waals surface area contributed by atoms with Crippen molar-refractivity contribution < 1.29 is 48.5 Å². The van der Waals surface area contributed by atoms with E-state index < -0.39 is 56.7 Å². The maximum absolute atomic E-state index is 12.1. The molecule has 0 saturated carbocycles. The minimum absolute atomic E-state index is 0.0536. The maximum Gasteiger partial charge on any atom is 0.333 e. The third-order valence-electron chi connectivity index (χ3n) is 5.29. The van der Waals surface area contributed by atoms with Crippen LogP contribution in [0, 0.1) is 11.8 Å². The number of hydrogen-bond donors (Lipinski definition) is 4. The Hall–Kier alpha value is -3.00. The molecule has 0 aromatic carbocycles. The van der Waals surface area contributed by atoms with Crippen LogP contribution in [0.2, 0.25) is 0 Å². The Labute approximate surface area is 236 Å². The van der Waals surface area contributed by atoms with Crippen molar-refractivity contribution in [2.24, 2.45) is 11.8 Å². The lowest BCUT2D eigenvalue weighted by Gasteiger charge is -2.22. The molecule has 0 heterocycles. The molecule has 4 unspecified atom stereocenters. The molecule has 0 radical (unpaired) electrons. The fourth-order valence-corrected chi connectivity index (χ4v) is 4.98. The van der Waals surface area contributed by atoms with Crippen molar-refractivity contribution in [1.82, 2.24) is 10.6 Å². The van der Waals surface area contributed by atoms with Crippen LogP contribution in [-0.2, 0) is 28.7 Å². The molecule has 0 bridgehead atoms. The highest BCUT2D eigenvalue weighted by Gasteiger charge is 2.30. The first-order chi connectivity index (χ1) is 18.2. The van der Waals surface area contributed by atoms with Gasteiger partial charge in [0.05, 0.1) is 24.9 Å². The van der Waals surface area contributed by atoms with Crippen molar-refractivity contribution in [1.29, 1.82) is 0 Å². The number of rotatable bonds is 18. The van der Waals surface area contributed by atoms with E-state index in [0.717, 1.165) is 23.5 Å². The van der Waals surface area contributed by atoms with Crippen LogP contribution in [0.5, 0.6) is 0 Å². The van der Waals surface area contributed by atoms with E-state index in [1.54, 1.807) is 13.8 Å².